The van der Waals surface area contributed by atoms with E-state index in [1.807, 2.05) is 6.92 Å². The molecule has 4 heteroatoms. The van der Waals surface area contributed by atoms with E-state index in [2.05, 4.69) is 4.98 Å². The van der Waals surface area contributed by atoms with Gasteiger partial charge in [-0.05, 0) is 6.92 Å². The molecular weight excluding hydrogens is 168 g/mol. The summed E-state index contributed by atoms with van der Waals surface area (Å²) in [7, 11) is 0. The van der Waals surface area contributed by atoms with Gasteiger partial charge < -0.3 is 15.2 Å². The maximum absolute atomic E-state index is 5.52. The lowest BCUT2D eigenvalue weighted by Crippen LogP contribution is -2.06. The molecule has 0 radical (unpaired) electrons. The Morgan fingerprint density at radius 2 is 2.23 bits per heavy atom. The normalized spacial score (nSPS) is 9.92. The number of hydrogen-bond donors (Lipinski definition) is 1. The van der Waals surface area contributed by atoms with Crippen LogP contribution in [0.1, 0.15) is 6.92 Å². The maximum Gasteiger partial charge on any atom is 0.139 e. The zero-order valence-corrected chi connectivity index (χ0v) is 7.69. The van der Waals surface area contributed by atoms with E-state index in [1.54, 1.807) is 18.5 Å². The molecule has 0 atom stereocenters. The number of ether oxygens (including phenoxy) is 2. The van der Waals surface area contributed by atoms with Crippen molar-refractivity contribution in [1.29, 1.82) is 0 Å². The highest BCUT2D eigenvalue weighted by Gasteiger charge is 1.94. The molecule has 0 spiro atoms. The summed E-state index contributed by atoms with van der Waals surface area (Å²) in [5, 5.41) is 0. The van der Waals surface area contributed by atoms with Crippen LogP contribution in [-0.4, -0.2) is 24.8 Å². The van der Waals surface area contributed by atoms with Crippen LogP contribution in [0.3, 0.4) is 0 Å². The summed E-state index contributed by atoms with van der Waals surface area (Å²) in [5.41, 5.74) is 6.12. The van der Waals surface area contributed by atoms with Gasteiger partial charge in [-0.15, -0.1) is 0 Å². The minimum Gasteiger partial charge on any atom is -0.489 e. The standard InChI is InChI=1S/C9H14N2O2/c1-2-12-3-4-13-9-5-8(10)6-11-7-9/h5-7H,2-4,10H2,1H3. The number of aromatic nitrogens is 1. The molecule has 1 aromatic rings. The van der Waals surface area contributed by atoms with Crippen molar-refractivity contribution in [1.82, 2.24) is 4.98 Å². The molecule has 0 unspecified atom stereocenters. The van der Waals surface area contributed by atoms with Crippen molar-refractivity contribution >= 4 is 5.69 Å². The van der Waals surface area contributed by atoms with Crippen molar-refractivity contribution in [2.24, 2.45) is 0 Å². The molecule has 0 fully saturated rings. The number of nitrogens with two attached hydrogens (primary N) is 1. The second-order valence-corrected chi connectivity index (χ2v) is 2.50. The Bertz CT molecular complexity index is 253. The number of rotatable bonds is 5. The van der Waals surface area contributed by atoms with Crippen LogP contribution in [0.4, 0.5) is 5.69 Å². The fourth-order valence-electron chi connectivity index (χ4n) is 0.877. The fourth-order valence-corrected chi connectivity index (χ4v) is 0.877. The Morgan fingerprint density at radius 3 is 2.92 bits per heavy atom. The minimum atomic E-state index is 0.527. The zero-order valence-electron chi connectivity index (χ0n) is 7.69. The van der Waals surface area contributed by atoms with Crippen LogP contribution in [0.25, 0.3) is 0 Å². The molecular formula is C9H14N2O2. The molecule has 0 aromatic carbocycles. The predicted molar refractivity (Wildman–Crippen MR) is 50.6 cm³/mol. The molecule has 0 saturated heterocycles. The van der Waals surface area contributed by atoms with E-state index in [0.29, 0.717) is 31.3 Å². The highest BCUT2D eigenvalue weighted by atomic mass is 16.5. The van der Waals surface area contributed by atoms with Gasteiger partial charge in [-0.3, -0.25) is 4.98 Å². The van der Waals surface area contributed by atoms with Crippen molar-refractivity contribution in [3.8, 4) is 5.75 Å². The van der Waals surface area contributed by atoms with Gasteiger partial charge in [0.2, 0.25) is 0 Å². The van der Waals surface area contributed by atoms with Crippen molar-refractivity contribution < 1.29 is 9.47 Å². The molecule has 13 heavy (non-hydrogen) atoms. The number of anilines is 1. The van der Waals surface area contributed by atoms with Crippen molar-refractivity contribution in [2.75, 3.05) is 25.6 Å². The molecule has 0 bridgehead atoms. The van der Waals surface area contributed by atoms with E-state index in [9.17, 15) is 0 Å². The van der Waals surface area contributed by atoms with Gasteiger partial charge in [-0.2, -0.15) is 0 Å². The second kappa shape index (κ2) is 5.37. The molecule has 0 aliphatic rings. The van der Waals surface area contributed by atoms with Crippen LogP contribution >= 0.6 is 0 Å². The van der Waals surface area contributed by atoms with Gasteiger partial charge in [0.1, 0.15) is 12.4 Å². The molecule has 0 amide bonds. The molecule has 0 aliphatic heterocycles. The van der Waals surface area contributed by atoms with Crippen LogP contribution in [0, 0.1) is 0 Å². The van der Waals surface area contributed by atoms with Gasteiger partial charge >= 0.3 is 0 Å². The van der Waals surface area contributed by atoms with Crippen LogP contribution < -0.4 is 10.5 Å². The van der Waals surface area contributed by atoms with Crippen molar-refractivity contribution in [3.05, 3.63) is 18.5 Å². The number of nitrogens with zero attached hydrogens (tertiary/aromatic N) is 1. The average Bonchev–Trinajstić information content (AvgIpc) is 2.13. The SMILES string of the molecule is CCOCCOc1cncc(N)c1. The first-order chi connectivity index (χ1) is 6.33. The smallest absolute Gasteiger partial charge is 0.139 e. The van der Waals surface area contributed by atoms with E-state index in [1.165, 1.54) is 0 Å². The quantitative estimate of drug-likeness (QED) is 0.692. The monoisotopic (exact) mass is 182 g/mol. The first kappa shape index (κ1) is 9.80. The average molecular weight is 182 g/mol. The third kappa shape index (κ3) is 3.75. The third-order valence-electron chi connectivity index (χ3n) is 1.43. The fraction of sp³-hybridized carbons (Fsp3) is 0.444. The molecule has 72 valence electrons. The van der Waals surface area contributed by atoms with Gasteiger partial charge in [0.15, 0.2) is 0 Å². The van der Waals surface area contributed by atoms with Gasteiger partial charge in [0.05, 0.1) is 24.7 Å². The van der Waals surface area contributed by atoms with E-state index in [0.717, 1.165) is 0 Å². The largest absolute Gasteiger partial charge is 0.489 e. The zero-order chi connectivity index (χ0) is 9.52. The first-order valence-electron chi connectivity index (χ1n) is 4.24. The number of nitrogen functional groups attached to an aromatic ring is 1. The van der Waals surface area contributed by atoms with Gasteiger partial charge in [-0.1, -0.05) is 0 Å². The maximum atomic E-state index is 5.52. The minimum absolute atomic E-state index is 0.527. The first-order valence-corrected chi connectivity index (χ1v) is 4.24. The highest BCUT2D eigenvalue weighted by molar-refractivity contribution is 5.39. The molecule has 1 heterocycles. The molecule has 1 aromatic heterocycles. The second-order valence-electron chi connectivity index (χ2n) is 2.50. The van der Waals surface area contributed by atoms with Crippen molar-refractivity contribution in [2.45, 2.75) is 6.92 Å². The Labute approximate surface area is 77.7 Å². The lowest BCUT2D eigenvalue weighted by atomic mass is 10.4. The van der Waals surface area contributed by atoms with Crippen molar-refractivity contribution in [3.63, 3.8) is 0 Å². The van der Waals surface area contributed by atoms with Crippen LogP contribution in [0.5, 0.6) is 5.75 Å². The lowest BCUT2D eigenvalue weighted by molar-refractivity contribution is 0.110. The molecule has 2 N–H and O–H groups in total. The summed E-state index contributed by atoms with van der Waals surface area (Å²) >= 11 is 0. The van der Waals surface area contributed by atoms with Crippen LogP contribution in [-0.2, 0) is 4.74 Å². The lowest BCUT2D eigenvalue weighted by Gasteiger charge is -2.05. The van der Waals surface area contributed by atoms with E-state index >= 15 is 0 Å². The van der Waals surface area contributed by atoms with Gasteiger partial charge in [0, 0.05) is 12.7 Å². The summed E-state index contributed by atoms with van der Waals surface area (Å²) in [6.07, 6.45) is 3.21. The summed E-state index contributed by atoms with van der Waals surface area (Å²) in [5.74, 6) is 0.680. The van der Waals surface area contributed by atoms with E-state index < -0.39 is 0 Å². The Hall–Kier alpha value is -1.29. The van der Waals surface area contributed by atoms with Gasteiger partial charge in [0.25, 0.3) is 0 Å². The summed E-state index contributed by atoms with van der Waals surface area (Å²) < 4.78 is 10.4. The third-order valence-corrected chi connectivity index (χ3v) is 1.43. The summed E-state index contributed by atoms with van der Waals surface area (Å²) in [6, 6.07) is 1.74. The van der Waals surface area contributed by atoms with E-state index in [4.69, 9.17) is 15.2 Å². The number of hydrogen-bond acceptors (Lipinski definition) is 4. The molecule has 0 aliphatic carbocycles. The van der Waals surface area contributed by atoms with Crippen LogP contribution in [0.15, 0.2) is 18.5 Å². The molecule has 1 rings (SSSR count). The summed E-state index contributed by atoms with van der Waals surface area (Å²) in [6.45, 7) is 3.77. The summed E-state index contributed by atoms with van der Waals surface area (Å²) in [4.78, 5) is 3.89. The topological polar surface area (TPSA) is 57.4 Å². The number of pyridine rings is 1. The molecule has 4 nitrogen and oxygen atoms in total. The van der Waals surface area contributed by atoms with E-state index in [-0.39, 0.29) is 0 Å². The van der Waals surface area contributed by atoms with Crippen LogP contribution in [0.2, 0.25) is 0 Å². The Morgan fingerprint density at radius 1 is 1.38 bits per heavy atom. The highest BCUT2D eigenvalue weighted by Crippen LogP contribution is 2.11. The molecule has 0 saturated carbocycles. The Kier molecular flexibility index (Phi) is 4.05. The van der Waals surface area contributed by atoms with Gasteiger partial charge in [-0.25, -0.2) is 0 Å². The predicted octanol–water partition coefficient (Wildman–Crippen LogP) is 1.08. The Balaban J connectivity index is 2.28.